The minimum Gasteiger partial charge on any atom is -0.493 e. The molecule has 0 fully saturated rings. The second kappa shape index (κ2) is 5.79. The molecular formula is C17H19NO3. The lowest BCUT2D eigenvalue weighted by Crippen LogP contribution is -2.35. The lowest BCUT2D eigenvalue weighted by molar-refractivity contribution is -0.129. The number of amides is 1. The van der Waals surface area contributed by atoms with Crippen molar-refractivity contribution in [2.24, 2.45) is 0 Å². The standard InChI is InChI=1S/C17H19NO3/c1-2-8-18-17(20)14(19)10-12-4-3-11-5-6-15-13(16(11)12)7-9-21-15/h1,5-6,12,14,19H,3-4,7-10H2,(H,18,20). The summed E-state index contributed by atoms with van der Waals surface area (Å²) >= 11 is 0. The number of terminal acetylenes is 1. The van der Waals surface area contributed by atoms with Crippen molar-refractivity contribution in [3.63, 3.8) is 0 Å². The molecule has 2 N–H and O–H groups in total. The fourth-order valence-corrected chi connectivity index (χ4v) is 3.42. The third-order valence-corrected chi connectivity index (χ3v) is 4.36. The predicted octanol–water partition coefficient (Wildman–Crippen LogP) is 1.15. The Labute approximate surface area is 124 Å². The van der Waals surface area contributed by atoms with Crippen LogP contribution in [0, 0.1) is 12.3 Å². The van der Waals surface area contributed by atoms with Crippen LogP contribution >= 0.6 is 0 Å². The van der Waals surface area contributed by atoms with E-state index >= 15 is 0 Å². The SMILES string of the molecule is C#CCNC(=O)C(O)CC1CCc2ccc3c(c21)CCO3. The molecule has 0 saturated carbocycles. The molecule has 2 unspecified atom stereocenters. The molecule has 2 atom stereocenters. The van der Waals surface area contributed by atoms with Gasteiger partial charge in [0.1, 0.15) is 11.9 Å². The van der Waals surface area contributed by atoms with Crippen molar-refractivity contribution < 1.29 is 14.6 Å². The first kappa shape index (κ1) is 14.0. The van der Waals surface area contributed by atoms with Gasteiger partial charge in [-0.2, -0.15) is 0 Å². The average Bonchev–Trinajstić information content (AvgIpc) is 3.10. The monoisotopic (exact) mass is 285 g/mol. The first-order valence-corrected chi connectivity index (χ1v) is 7.37. The van der Waals surface area contributed by atoms with Crippen molar-refractivity contribution in [3.05, 3.63) is 28.8 Å². The Morgan fingerprint density at radius 1 is 1.52 bits per heavy atom. The molecule has 21 heavy (non-hydrogen) atoms. The molecule has 0 radical (unpaired) electrons. The molecule has 4 heteroatoms. The molecule has 0 aromatic heterocycles. The van der Waals surface area contributed by atoms with Crippen LogP contribution in [-0.4, -0.2) is 30.3 Å². The third kappa shape index (κ3) is 2.62. The number of aliphatic hydroxyl groups is 1. The van der Waals surface area contributed by atoms with E-state index in [9.17, 15) is 9.90 Å². The first-order chi connectivity index (χ1) is 10.2. The van der Waals surface area contributed by atoms with Gasteiger partial charge in [-0.15, -0.1) is 6.42 Å². The summed E-state index contributed by atoms with van der Waals surface area (Å²) in [6.07, 6.45) is 7.45. The Morgan fingerprint density at radius 2 is 2.38 bits per heavy atom. The van der Waals surface area contributed by atoms with E-state index in [2.05, 4.69) is 17.3 Å². The van der Waals surface area contributed by atoms with Crippen LogP contribution in [-0.2, 0) is 17.6 Å². The van der Waals surface area contributed by atoms with Crippen LogP contribution in [0.25, 0.3) is 0 Å². The smallest absolute Gasteiger partial charge is 0.249 e. The second-order valence-electron chi connectivity index (χ2n) is 5.62. The molecule has 1 aromatic rings. The van der Waals surface area contributed by atoms with E-state index in [4.69, 9.17) is 11.2 Å². The van der Waals surface area contributed by atoms with Gasteiger partial charge in [-0.3, -0.25) is 4.79 Å². The number of hydrogen-bond donors (Lipinski definition) is 2. The van der Waals surface area contributed by atoms with Crippen molar-refractivity contribution >= 4 is 5.91 Å². The maximum absolute atomic E-state index is 11.8. The zero-order chi connectivity index (χ0) is 14.8. The van der Waals surface area contributed by atoms with Gasteiger partial charge in [0.2, 0.25) is 5.91 Å². The van der Waals surface area contributed by atoms with E-state index in [0.29, 0.717) is 6.42 Å². The molecule has 110 valence electrons. The van der Waals surface area contributed by atoms with E-state index in [0.717, 1.165) is 31.6 Å². The number of aliphatic hydroxyl groups excluding tert-OH is 1. The molecule has 1 amide bonds. The molecule has 1 aromatic carbocycles. The molecular weight excluding hydrogens is 266 g/mol. The predicted molar refractivity (Wildman–Crippen MR) is 79.2 cm³/mol. The minimum absolute atomic E-state index is 0.153. The molecule has 2 aliphatic rings. The van der Waals surface area contributed by atoms with Gasteiger partial charge in [0.25, 0.3) is 0 Å². The first-order valence-electron chi connectivity index (χ1n) is 7.37. The van der Waals surface area contributed by atoms with Gasteiger partial charge < -0.3 is 15.2 Å². The summed E-state index contributed by atoms with van der Waals surface area (Å²) in [6.45, 7) is 0.879. The zero-order valence-corrected chi connectivity index (χ0v) is 11.9. The van der Waals surface area contributed by atoms with E-state index in [1.807, 2.05) is 6.07 Å². The quantitative estimate of drug-likeness (QED) is 0.816. The molecule has 4 nitrogen and oxygen atoms in total. The Kier molecular flexibility index (Phi) is 3.85. The van der Waals surface area contributed by atoms with Crippen LogP contribution in [0.15, 0.2) is 12.1 Å². The van der Waals surface area contributed by atoms with Gasteiger partial charge in [0.15, 0.2) is 0 Å². The van der Waals surface area contributed by atoms with Crippen LogP contribution < -0.4 is 10.1 Å². The number of nitrogens with one attached hydrogen (secondary N) is 1. The van der Waals surface area contributed by atoms with Crippen molar-refractivity contribution in [3.8, 4) is 18.1 Å². The minimum atomic E-state index is -1.01. The summed E-state index contributed by atoms with van der Waals surface area (Å²) in [4.78, 5) is 11.8. The fourth-order valence-electron chi connectivity index (χ4n) is 3.42. The number of benzene rings is 1. The van der Waals surface area contributed by atoms with Gasteiger partial charge in [-0.05, 0) is 42.4 Å². The van der Waals surface area contributed by atoms with Crippen molar-refractivity contribution in [1.82, 2.24) is 5.32 Å². The topological polar surface area (TPSA) is 58.6 Å². The highest BCUT2D eigenvalue weighted by Gasteiger charge is 2.32. The summed E-state index contributed by atoms with van der Waals surface area (Å²) in [7, 11) is 0. The fraction of sp³-hybridized carbons (Fsp3) is 0.471. The highest BCUT2D eigenvalue weighted by molar-refractivity contribution is 5.80. The van der Waals surface area contributed by atoms with Gasteiger partial charge in [-0.1, -0.05) is 12.0 Å². The van der Waals surface area contributed by atoms with Crippen LogP contribution in [0.4, 0.5) is 0 Å². The van der Waals surface area contributed by atoms with Crippen LogP contribution in [0.1, 0.15) is 35.4 Å². The number of fused-ring (bicyclic) bond motifs is 3. The average molecular weight is 285 g/mol. The Morgan fingerprint density at radius 3 is 3.19 bits per heavy atom. The molecule has 1 aliphatic carbocycles. The van der Waals surface area contributed by atoms with Crippen molar-refractivity contribution in [2.45, 2.75) is 37.7 Å². The van der Waals surface area contributed by atoms with Crippen LogP contribution in [0.2, 0.25) is 0 Å². The van der Waals surface area contributed by atoms with E-state index in [1.165, 1.54) is 16.7 Å². The highest BCUT2D eigenvalue weighted by Crippen LogP contribution is 2.43. The largest absolute Gasteiger partial charge is 0.493 e. The maximum Gasteiger partial charge on any atom is 0.249 e. The van der Waals surface area contributed by atoms with E-state index in [1.54, 1.807) is 0 Å². The Hall–Kier alpha value is -1.99. The van der Waals surface area contributed by atoms with Crippen LogP contribution in [0.5, 0.6) is 5.75 Å². The number of aryl methyl sites for hydroxylation is 1. The van der Waals surface area contributed by atoms with E-state index < -0.39 is 6.10 Å². The number of hydrogen-bond acceptors (Lipinski definition) is 3. The molecule has 0 spiro atoms. The van der Waals surface area contributed by atoms with Gasteiger partial charge in [0.05, 0.1) is 13.2 Å². The van der Waals surface area contributed by atoms with Crippen molar-refractivity contribution in [2.75, 3.05) is 13.2 Å². The summed E-state index contributed by atoms with van der Waals surface area (Å²) in [6, 6.07) is 4.16. The molecule has 1 heterocycles. The Balaban J connectivity index is 1.74. The summed E-state index contributed by atoms with van der Waals surface area (Å²) in [5, 5.41) is 12.6. The molecule has 3 rings (SSSR count). The lowest BCUT2D eigenvalue weighted by Gasteiger charge is -2.18. The maximum atomic E-state index is 11.8. The number of ether oxygens (including phenoxy) is 1. The number of rotatable bonds is 4. The zero-order valence-electron chi connectivity index (χ0n) is 11.9. The highest BCUT2D eigenvalue weighted by atomic mass is 16.5. The molecule has 1 aliphatic heterocycles. The summed E-state index contributed by atoms with van der Waals surface area (Å²) in [5.41, 5.74) is 3.90. The summed E-state index contributed by atoms with van der Waals surface area (Å²) in [5.74, 6) is 3.14. The van der Waals surface area contributed by atoms with Gasteiger partial charge in [0, 0.05) is 12.0 Å². The lowest BCUT2D eigenvalue weighted by atomic mass is 9.90. The van der Waals surface area contributed by atoms with Crippen LogP contribution in [0.3, 0.4) is 0 Å². The Bertz CT molecular complexity index is 603. The second-order valence-corrected chi connectivity index (χ2v) is 5.62. The third-order valence-electron chi connectivity index (χ3n) is 4.36. The number of carbonyl (C=O) groups is 1. The van der Waals surface area contributed by atoms with E-state index in [-0.39, 0.29) is 18.4 Å². The van der Waals surface area contributed by atoms with Crippen molar-refractivity contribution in [1.29, 1.82) is 0 Å². The normalized spacial score (nSPS) is 20.1. The summed E-state index contributed by atoms with van der Waals surface area (Å²) < 4.78 is 5.61. The van der Waals surface area contributed by atoms with Gasteiger partial charge in [-0.25, -0.2) is 0 Å². The molecule has 0 bridgehead atoms. The van der Waals surface area contributed by atoms with Gasteiger partial charge >= 0.3 is 0 Å². The molecule has 0 saturated heterocycles. The number of carbonyl (C=O) groups excluding carboxylic acids is 1.